The first-order chi connectivity index (χ1) is 13.8. The van der Waals surface area contributed by atoms with Crippen molar-refractivity contribution in [1.29, 1.82) is 0 Å². The topological polar surface area (TPSA) is 57.9 Å². The fourth-order valence-corrected chi connectivity index (χ4v) is 3.99. The average Bonchev–Trinajstić information content (AvgIpc) is 3.39. The maximum absolute atomic E-state index is 5.32. The molecule has 5 rings (SSSR count). The zero-order valence-corrected chi connectivity index (χ0v) is 16.0. The van der Waals surface area contributed by atoms with Crippen LogP contribution in [0.4, 0.5) is 5.82 Å². The highest BCUT2D eigenvalue weighted by molar-refractivity contribution is 5.74. The Kier molecular flexibility index (Phi) is 4.37. The number of fused-ring (bicyclic) bond motifs is 1. The molecule has 144 valence electrons. The van der Waals surface area contributed by atoms with Crippen LogP contribution in [0.5, 0.6) is 5.75 Å². The molecule has 0 spiro atoms. The molecule has 7 heteroatoms. The molecule has 4 heterocycles. The van der Waals surface area contributed by atoms with Gasteiger partial charge in [-0.3, -0.25) is 5.01 Å². The van der Waals surface area contributed by atoms with Gasteiger partial charge in [-0.05, 0) is 62.3 Å². The molecule has 0 atom stereocenters. The van der Waals surface area contributed by atoms with Gasteiger partial charge in [-0.15, -0.1) is 0 Å². The van der Waals surface area contributed by atoms with Gasteiger partial charge in [0.2, 0.25) is 0 Å². The highest BCUT2D eigenvalue weighted by Crippen LogP contribution is 2.34. The molecule has 0 unspecified atom stereocenters. The lowest BCUT2D eigenvalue weighted by molar-refractivity contribution is 0.414. The second-order valence-corrected chi connectivity index (χ2v) is 7.17. The maximum atomic E-state index is 5.32. The highest BCUT2D eigenvalue weighted by atomic mass is 16.5. The lowest BCUT2D eigenvalue weighted by atomic mass is 9.95. The van der Waals surface area contributed by atoms with Crippen LogP contribution in [0.15, 0.2) is 59.5 Å². The minimum atomic E-state index is 0.490. The third-order valence-corrected chi connectivity index (χ3v) is 5.51. The van der Waals surface area contributed by atoms with Crippen LogP contribution < -0.4 is 15.1 Å². The highest BCUT2D eigenvalue weighted by Gasteiger charge is 2.29. The van der Waals surface area contributed by atoms with Crippen LogP contribution in [0.1, 0.15) is 24.5 Å². The molecule has 0 bridgehead atoms. The summed E-state index contributed by atoms with van der Waals surface area (Å²) in [5.74, 6) is 3.33. The summed E-state index contributed by atoms with van der Waals surface area (Å²) in [5, 5.41) is 12.8. The number of allylic oxidation sites excluding steroid dienone is 1. The zero-order chi connectivity index (χ0) is 18.9. The van der Waals surface area contributed by atoms with E-state index in [1.54, 1.807) is 7.11 Å². The monoisotopic (exact) mass is 376 g/mol. The number of methoxy groups -OCH3 is 1. The number of aromatic nitrogens is 2. The summed E-state index contributed by atoms with van der Waals surface area (Å²) in [6.45, 7) is 2.87. The minimum absolute atomic E-state index is 0.490. The number of aliphatic imine (C=N–C) groups is 1. The SMILES string of the molecule is COc1ccc(-n2nc(C3CCNCC3)cc2N2CC=C3N=CC=CN32)cc1. The number of nitrogens with one attached hydrogen (secondary N) is 1. The van der Waals surface area contributed by atoms with Crippen LogP contribution in [0, 0.1) is 0 Å². The molecule has 1 aromatic heterocycles. The Labute approximate surface area is 164 Å². The number of piperidine rings is 1. The molecule has 3 aliphatic heterocycles. The molecule has 0 aliphatic carbocycles. The van der Waals surface area contributed by atoms with Crippen molar-refractivity contribution >= 4 is 12.0 Å². The molecule has 0 amide bonds. The molecule has 1 N–H and O–H groups in total. The van der Waals surface area contributed by atoms with Gasteiger partial charge >= 0.3 is 0 Å². The first-order valence-corrected chi connectivity index (χ1v) is 9.76. The van der Waals surface area contributed by atoms with E-state index in [1.165, 1.54) is 0 Å². The first-order valence-electron chi connectivity index (χ1n) is 9.76. The predicted octanol–water partition coefficient (Wildman–Crippen LogP) is 2.82. The smallest absolute Gasteiger partial charge is 0.151 e. The Morgan fingerprint density at radius 1 is 1.14 bits per heavy atom. The zero-order valence-electron chi connectivity index (χ0n) is 16.0. The summed E-state index contributed by atoms with van der Waals surface area (Å²) in [7, 11) is 1.68. The molecule has 1 saturated heterocycles. The van der Waals surface area contributed by atoms with E-state index >= 15 is 0 Å². The fourth-order valence-electron chi connectivity index (χ4n) is 3.99. The lowest BCUT2D eigenvalue weighted by Gasteiger charge is -2.30. The van der Waals surface area contributed by atoms with Crippen LogP contribution in [0.2, 0.25) is 0 Å². The van der Waals surface area contributed by atoms with Gasteiger partial charge < -0.3 is 10.1 Å². The third kappa shape index (κ3) is 2.97. The van der Waals surface area contributed by atoms with Gasteiger partial charge in [0.05, 0.1) is 25.0 Å². The standard InChI is InChI=1S/C21H24N6O/c1-28-18-5-3-17(4-6-18)27-21(15-19(24-27)16-7-11-22-12-8-16)26-14-9-20-23-10-2-13-25(20)26/h2-6,9-10,13,15-16,22H,7-8,11-12,14H2,1H3. The minimum Gasteiger partial charge on any atom is -0.497 e. The molecule has 2 aromatic rings. The van der Waals surface area contributed by atoms with Gasteiger partial charge in [0.15, 0.2) is 5.82 Å². The van der Waals surface area contributed by atoms with Crippen LogP contribution in [0.25, 0.3) is 5.69 Å². The van der Waals surface area contributed by atoms with Crippen molar-refractivity contribution in [1.82, 2.24) is 20.1 Å². The van der Waals surface area contributed by atoms with Gasteiger partial charge in [-0.2, -0.15) is 5.10 Å². The number of benzene rings is 1. The largest absolute Gasteiger partial charge is 0.497 e. The maximum Gasteiger partial charge on any atom is 0.151 e. The normalized spacial score (nSPS) is 19.1. The second kappa shape index (κ2) is 7.16. The van der Waals surface area contributed by atoms with E-state index in [0.717, 1.165) is 61.2 Å². The number of hydrazine groups is 1. The van der Waals surface area contributed by atoms with Gasteiger partial charge in [-0.25, -0.2) is 14.7 Å². The molecule has 1 fully saturated rings. The summed E-state index contributed by atoms with van der Waals surface area (Å²) in [6, 6.07) is 10.3. The van der Waals surface area contributed by atoms with E-state index in [2.05, 4.69) is 44.6 Å². The third-order valence-electron chi connectivity index (χ3n) is 5.51. The Balaban J connectivity index is 1.55. The van der Waals surface area contributed by atoms with E-state index in [0.29, 0.717) is 5.92 Å². The Bertz CT molecular complexity index is 936. The van der Waals surface area contributed by atoms with Crippen molar-refractivity contribution < 1.29 is 4.74 Å². The molecular formula is C21H24N6O. The molecule has 7 nitrogen and oxygen atoms in total. The predicted molar refractivity (Wildman–Crippen MR) is 110 cm³/mol. The van der Waals surface area contributed by atoms with Crippen molar-refractivity contribution in [3.05, 3.63) is 60.2 Å². The lowest BCUT2D eigenvalue weighted by Crippen LogP contribution is -2.35. The summed E-state index contributed by atoms with van der Waals surface area (Å²) < 4.78 is 7.36. The summed E-state index contributed by atoms with van der Waals surface area (Å²) in [5.41, 5.74) is 2.18. The van der Waals surface area contributed by atoms with Crippen LogP contribution in [-0.2, 0) is 0 Å². The van der Waals surface area contributed by atoms with Gasteiger partial charge in [0, 0.05) is 24.4 Å². The van der Waals surface area contributed by atoms with Gasteiger partial charge in [0.25, 0.3) is 0 Å². The van der Waals surface area contributed by atoms with E-state index in [-0.39, 0.29) is 0 Å². The molecule has 3 aliphatic rings. The Hall–Kier alpha value is -3.06. The molecular weight excluding hydrogens is 352 g/mol. The van der Waals surface area contributed by atoms with E-state index in [1.807, 2.05) is 35.3 Å². The van der Waals surface area contributed by atoms with Crippen molar-refractivity contribution in [2.24, 2.45) is 4.99 Å². The van der Waals surface area contributed by atoms with Crippen LogP contribution in [0.3, 0.4) is 0 Å². The fraction of sp³-hybridized carbons (Fsp3) is 0.333. The molecule has 0 saturated carbocycles. The van der Waals surface area contributed by atoms with Gasteiger partial charge in [0.1, 0.15) is 11.6 Å². The number of anilines is 1. The number of nitrogens with zero attached hydrogens (tertiary/aromatic N) is 5. The van der Waals surface area contributed by atoms with Crippen molar-refractivity contribution in [3.63, 3.8) is 0 Å². The number of rotatable bonds is 4. The van der Waals surface area contributed by atoms with Crippen molar-refractivity contribution in [3.8, 4) is 11.4 Å². The number of hydrogen-bond acceptors (Lipinski definition) is 6. The Morgan fingerprint density at radius 3 is 2.75 bits per heavy atom. The van der Waals surface area contributed by atoms with Crippen LogP contribution in [-0.4, -0.2) is 47.7 Å². The summed E-state index contributed by atoms with van der Waals surface area (Å²) in [6.07, 6.45) is 10.2. The van der Waals surface area contributed by atoms with Crippen molar-refractivity contribution in [2.75, 3.05) is 31.8 Å². The summed E-state index contributed by atoms with van der Waals surface area (Å²) in [4.78, 5) is 4.47. The number of ether oxygens (including phenoxy) is 1. The quantitative estimate of drug-likeness (QED) is 0.889. The molecule has 1 aromatic carbocycles. The van der Waals surface area contributed by atoms with Crippen molar-refractivity contribution in [2.45, 2.75) is 18.8 Å². The van der Waals surface area contributed by atoms with Gasteiger partial charge in [-0.1, -0.05) is 0 Å². The second-order valence-electron chi connectivity index (χ2n) is 7.17. The van der Waals surface area contributed by atoms with E-state index in [4.69, 9.17) is 9.84 Å². The molecule has 0 radical (unpaired) electrons. The van der Waals surface area contributed by atoms with E-state index < -0.39 is 0 Å². The van der Waals surface area contributed by atoms with Crippen LogP contribution >= 0.6 is 0 Å². The Morgan fingerprint density at radius 2 is 1.96 bits per heavy atom. The summed E-state index contributed by atoms with van der Waals surface area (Å²) >= 11 is 0. The first kappa shape index (κ1) is 17.1. The van der Waals surface area contributed by atoms with E-state index in [9.17, 15) is 0 Å². The molecule has 28 heavy (non-hydrogen) atoms. The number of hydrogen-bond donors (Lipinski definition) is 1. The average molecular weight is 376 g/mol.